The number of hydrogen-bond donors (Lipinski definition) is 0. The molecule has 3 heteroatoms. The molecule has 52 heavy (non-hydrogen) atoms. The summed E-state index contributed by atoms with van der Waals surface area (Å²) < 4.78 is 4.09. The van der Waals surface area contributed by atoms with Crippen LogP contribution in [0.25, 0.3) is 63.8 Å². The number of rotatable bonds is 2. The van der Waals surface area contributed by atoms with Crippen LogP contribution in [-0.4, -0.2) is 0 Å². The van der Waals surface area contributed by atoms with Gasteiger partial charge in [-0.1, -0.05) is 129 Å². The van der Waals surface area contributed by atoms with Crippen LogP contribution in [0, 0.1) is 0 Å². The van der Waals surface area contributed by atoms with Crippen molar-refractivity contribution in [2.24, 2.45) is 0 Å². The van der Waals surface area contributed by atoms with Crippen LogP contribution in [-0.2, 0) is 5.41 Å². The predicted molar refractivity (Wildman–Crippen MR) is 225 cm³/mol. The minimum Gasteiger partial charge on any atom is -0.333 e. The third kappa shape index (κ3) is 3.72. The second-order valence-electron chi connectivity index (χ2n) is 15.2. The first-order valence-electron chi connectivity index (χ1n) is 18.3. The molecule has 7 aromatic carbocycles. The van der Waals surface area contributed by atoms with Crippen LogP contribution in [0.3, 0.4) is 0 Å². The van der Waals surface area contributed by atoms with Crippen molar-refractivity contribution >= 4 is 86.7 Å². The summed E-state index contributed by atoms with van der Waals surface area (Å²) in [6, 6.07) is 55.2. The van der Waals surface area contributed by atoms with Gasteiger partial charge in [0.15, 0.2) is 0 Å². The Morgan fingerprint density at radius 3 is 2.19 bits per heavy atom. The number of para-hydroxylation sites is 1. The Kier molecular flexibility index (Phi) is 5.78. The van der Waals surface area contributed by atoms with Gasteiger partial charge in [-0.3, -0.25) is 0 Å². The molecule has 2 unspecified atom stereocenters. The molecule has 3 heterocycles. The van der Waals surface area contributed by atoms with E-state index in [2.05, 4.69) is 170 Å². The first-order chi connectivity index (χ1) is 25.6. The Hall–Kier alpha value is -5.48. The van der Waals surface area contributed by atoms with E-state index < -0.39 is 0 Å². The molecule has 0 amide bonds. The van der Waals surface area contributed by atoms with Crippen molar-refractivity contribution in [3.05, 3.63) is 178 Å². The molecule has 0 spiro atoms. The van der Waals surface area contributed by atoms with Gasteiger partial charge in [-0.05, 0) is 91.5 Å². The Morgan fingerprint density at radius 1 is 0.577 bits per heavy atom. The van der Waals surface area contributed by atoms with Crippen LogP contribution in [0.4, 0.5) is 11.4 Å². The van der Waals surface area contributed by atoms with Crippen LogP contribution in [0.1, 0.15) is 58.5 Å². The largest absolute Gasteiger partial charge is 0.333 e. The molecule has 12 rings (SSSR count). The molecular weight excluding hydrogens is 667 g/mol. The molecule has 0 radical (unpaired) electrons. The van der Waals surface area contributed by atoms with Crippen molar-refractivity contribution in [1.82, 2.24) is 0 Å². The van der Waals surface area contributed by atoms with E-state index in [0.717, 1.165) is 0 Å². The van der Waals surface area contributed by atoms with Gasteiger partial charge in [0, 0.05) is 58.0 Å². The maximum atomic E-state index is 2.70. The second-order valence-corrected chi connectivity index (χ2v) is 17.3. The number of anilines is 2. The summed E-state index contributed by atoms with van der Waals surface area (Å²) in [5.41, 5.74) is 13.7. The normalized spacial score (nSPS) is 18.0. The maximum absolute atomic E-state index is 2.70. The lowest BCUT2D eigenvalue weighted by Gasteiger charge is -2.35. The Bertz CT molecular complexity index is 3030. The zero-order chi connectivity index (χ0) is 34.3. The van der Waals surface area contributed by atoms with Gasteiger partial charge in [0.2, 0.25) is 0 Å². The summed E-state index contributed by atoms with van der Waals surface area (Å²) >= 11 is 3.88. The summed E-state index contributed by atoms with van der Waals surface area (Å²) in [7, 11) is 0. The van der Waals surface area contributed by atoms with Crippen molar-refractivity contribution in [2.45, 2.75) is 31.2 Å². The fraction of sp³-hybridized carbons (Fsp3) is 0.102. The molecule has 0 N–H and O–H groups in total. The van der Waals surface area contributed by atoms with Crippen molar-refractivity contribution in [3.8, 4) is 11.1 Å². The minimum atomic E-state index is -0.0874. The molecule has 9 aromatic rings. The maximum Gasteiger partial charge on any atom is 0.0721 e. The van der Waals surface area contributed by atoms with E-state index >= 15 is 0 Å². The highest BCUT2D eigenvalue weighted by Crippen LogP contribution is 2.64. The van der Waals surface area contributed by atoms with Crippen LogP contribution < -0.4 is 4.90 Å². The highest BCUT2D eigenvalue weighted by Gasteiger charge is 2.47. The van der Waals surface area contributed by atoms with Gasteiger partial charge in [0.05, 0.1) is 6.04 Å². The van der Waals surface area contributed by atoms with Crippen LogP contribution in [0.15, 0.2) is 146 Å². The number of thiophene rings is 2. The standard InChI is InChI=1S/C49H33NS2/c1-49(2)39-25-23-29(26-37(39)32-24-22-28-12-3-4-13-30(28)46(32)49)50-40-19-8-5-15-35(40)44-38(27-43-45(47(44)50)36-16-7-10-21-42(36)51-43)34-18-11-17-33-31-14-6-9-20-41(31)52-48(33)34/h3-27,44,47H,1-2H3. The van der Waals surface area contributed by atoms with E-state index in [1.165, 1.54) is 102 Å². The highest BCUT2D eigenvalue weighted by molar-refractivity contribution is 7.26. The van der Waals surface area contributed by atoms with Crippen LogP contribution >= 0.6 is 22.7 Å². The highest BCUT2D eigenvalue weighted by atomic mass is 32.1. The summed E-state index contributed by atoms with van der Waals surface area (Å²) in [5, 5.41) is 6.76. The zero-order valence-corrected chi connectivity index (χ0v) is 30.5. The van der Waals surface area contributed by atoms with Crippen molar-refractivity contribution < 1.29 is 0 Å². The molecule has 246 valence electrons. The van der Waals surface area contributed by atoms with Crippen LogP contribution in [0.2, 0.25) is 0 Å². The fourth-order valence-corrected chi connectivity index (χ4v) is 12.5. The van der Waals surface area contributed by atoms with Gasteiger partial charge >= 0.3 is 0 Å². The van der Waals surface area contributed by atoms with E-state index in [4.69, 9.17) is 0 Å². The number of nitrogens with zero attached hydrogens (tertiary/aromatic N) is 1. The minimum absolute atomic E-state index is 0.0874. The average Bonchev–Trinajstić information content (AvgIpc) is 3.91. The van der Waals surface area contributed by atoms with E-state index in [0.29, 0.717) is 0 Å². The monoisotopic (exact) mass is 699 g/mol. The molecule has 1 aliphatic heterocycles. The van der Waals surface area contributed by atoms with Crippen molar-refractivity contribution in [1.29, 1.82) is 0 Å². The third-order valence-electron chi connectivity index (χ3n) is 12.2. The van der Waals surface area contributed by atoms with Gasteiger partial charge in [0.1, 0.15) is 0 Å². The Labute approximate surface area is 310 Å². The number of hydrogen-bond acceptors (Lipinski definition) is 3. The predicted octanol–water partition coefficient (Wildman–Crippen LogP) is 14.3. The smallest absolute Gasteiger partial charge is 0.0721 e. The quantitative estimate of drug-likeness (QED) is 0.174. The lowest BCUT2D eigenvalue weighted by Crippen LogP contribution is -2.25. The molecule has 0 fully saturated rings. The SMILES string of the molecule is CC1(C)c2ccc(N3c4ccccc4C4C(c5cccc6c5sc5ccccc56)=Cc5sc6ccccc6c5C43)cc2-c2ccc3ccccc3c21. The van der Waals surface area contributed by atoms with Crippen molar-refractivity contribution in [2.75, 3.05) is 4.90 Å². The summed E-state index contributed by atoms with van der Waals surface area (Å²) in [6.45, 7) is 4.81. The molecule has 3 aliphatic rings. The summed E-state index contributed by atoms with van der Waals surface area (Å²) in [4.78, 5) is 4.08. The number of benzene rings is 7. The molecule has 2 aliphatic carbocycles. The van der Waals surface area contributed by atoms with Gasteiger partial charge < -0.3 is 4.90 Å². The fourth-order valence-electron chi connectivity index (χ4n) is 10.1. The average molecular weight is 700 g/mol. The topological polar surface area (TPSA) is 3.24 Å². The molecular formula is C49H33NS2. The van der Waals surface area contributed by atoms with Gasteiger partial charge in [0.25, 0.3) is 0 Å². The lowest BCUT2D eigenvalue weighted by molar-refractivity contribution is 0.665. The Morgan fingerprint density at radius 2 is 1.31 bits per heavy atom. The van der Waals surface area contributed by atoms with Crippen molar-refractivity contribution in [3.63, 3.8) is 0 Å². The molecule has 0 saturated heterocycles. The molecule has 0 saturated carbocycles. The molecule has 2 atom stereocenters. The zero-order valence-electron chi connectivity index (χ0n) is 28.9. The summed E-state index contributed by atoms with van der Waals surface area (Å²) in [6.07, 6.45) is 2.55. The van der Waals surface area contributed by atoms with Gasteiger partial charge in [-0.15, -0.1) is 22.7 Å². The summed E-state index contributed by atoms with van der Waals surface area (Å²) in [5.74, 6) is 0.179. The first kappa shape index (κ1) is 29.1. The third-order valence-corrected chi connectivity index (χ3v) is 14.6. The van der Waals surface area contributed by atoms with Gasteiger partial charge in [-0.2, -0.15) is 0 Å². The lowest BCUT2D eigenvalue weighted by atomic mass is 9.76. The van der Waals surface area contributed by atoms with E-state index in [-0.39, 0.29) is 17.4 Å². The second kappa shape index (κ2) is 10.3. The van der Waals surface area contributed by atoms with Crippen LogP contribution in [0.5, 0.6) is 0 Å². The molecule has 2 aromatic heterocycles. The van der Waals surface area contributed by atoms with E-state index in [1.54, 1.807) is 0 Å². The molecule has 0 bridgehead atoms. The Balaban J connectivity index is 1.12. The molecule has 1 nitrogen and oxygen atoms in total. The first-order valence-corrected chi connectivity index (χ1v) is 19.9. The van der Waals surface area contributed by atoms with Gasteiger partial charge in [-0.25, -0.2) is 0 Å². The van der Waals surface area contributed by atoms with E-state index in [1.807, 2.05) is 22.7 Å². The number of fused-ring (bicyclic) bond motifs is 15. The van der Waals surface area contributed by atoms with E-state index in [9.17, 15) is 0 Å².